The van der Waals surface area contributed by atoms with Crippen molar-refractivity contribution in [3.05, 3.63) is 39.9 Å². The normalized spacial score (nSPS) is 13.4. The molecule has 0 saturated heterocycles. The minimum Gasteiger partial charge on any atom is -0.325 e. The van der Waals surface area contributed by atoms with Gasteiger partial charge in [-0.1, -0.05) is 12.1 Å². The highest BCUT2D eigenvalue weighted by atomic mass is 32.2. The van der Waals surface area contributed by atoms with Gasteiger partial charge in [-0.3, -0.25) is 14.3 Å². The molecule has 0 aromatic heterocycles. The van der Waals surface area contributed by atoms with Gasteiger partial charge < -0.3 is 5.73 Å². The van der Waals surface area contributed by atoms with Crippen LogP contribution in [0.3, 0.4) is 0 Å². The summed E-state index contributed by atoms with van der Waals surface area (Å²) in [5, 5.41) is 10.6. The molecular weight excluding hydrogens is 240 g/mol. The van der Waals surface area contributed by atoms with Crippen LogP contribution in [0.25, 0.3) is 0 Å². The Labute approximate surface area is 103 Å². The molecule has 0 aliphatic carbocycles. The van der Waals surface area contributed by atoms with E-state index < -0.39 is 21.3 Å². The predicted octanol–water partition coefficient (Wildman–Crippen LogP) is 1.58. The number of hydrogen-bond acceptors (Lipinski definition) is 4. The fraction of sp³-hybridized carbons (Fsp3) is 0.455. The highest BCUT2D eigenvalue weighted by Crippen LogP contribution is 2.15. The van der Waals surface area contributed by atoms with Crippen molar-refractivity contribution in [1.82, 2.24) is 0 Å². The fourth-order valence-corrected chi connectivity index (χ4v) is 2.89. The second-order valence-corrected chi connectivity index (χ2v) is 6.10. The molecule has 5 nitrogen and oxygen atoms in total. The molecule has 0 fully saturated rings. The molecule has 0 radical (unpaired) electrons. The largest absolute Gasteiger partial charge is 0.325 e. The van der Waals surface area contributed by atoms with Crippen molar-refractivity contribution in [2.75, 3.05) is 5.75 Å². The second-order valence-electron chi connectivity index (χ2n) is 4.64. The van der Waals surface area contributed by atoms with Crippen molar-refractivity contribution in [2.45, 2.75) is 25.1 Å². The number of non-ortho nitro benzene ring substituents is 1. The van der Waals surface area contributed by atoms with Gasteiger partial charge in [-0.2, -0.15) is 0 Å². The van der Waals surface area contributed by atoms with E-state index in [1.807, 2.05) is 0 Å². The molecule has 94 valence electrons. The Balaban J connectivity index is 2.72. The van der Waals surface area contributed by atoms with E-state index in [1.165, 1.54) is 12.1 Å². The zero-order valence-electron chi connectivity index (χ0n) is 9.88. The number of nitrogens with zero attached hydrogens (tertiary/aromatic N) is 1. The number of hydrogen-bond donors (Lipinski definition) is 1. The first-order chi connectivity index (χ1) is 7.78. The molecule has 1 unspecified atom stereocenters. The van der Waals surface area contributed by atoms with Crippen molar-refractivity contribution >= 4 is 16.5 Å². The number of nitrogens with two attached hydrogens (primary N) is 1. The van der Waals surface area contributed by atoms with Gasteiger partial charge in [0, 0.05) is 40.0 Å². The van der Waals surface area contributed by atoms with Crippen LogP contribution < -0.4 is 5.73 Å². The third-order valence-electron chi connectivity index (χ3n) is 1.98. The summed E-state index contributed by atoms with van der Waals surface area (Å²) in [4.78, 5) is 10.1. The first-order valence-electron chi connectivity index (χ1n) is 5.15. The lowest BCUT2D eigenvalue weighted by atomic mass is 10.1. The highest BCUT2D eigenvalue weighted by Gasteiger charge is 2.16. The number of benzene rings is 1. The molecule has 0 aliphatic heterocycles. The van der Waals surface area contributed by atoms with E-state index in [-0.39, 0.29) is 5.69 Å². The molecular formula is C11H16N2O3S. The van der Waals surface area contributed by atoms with E-state index in [1.54, 1.807) is 26.0 Å². The van der Waals surface area contributed by atoms with Crippen molar-refractivity contribution < 1.29 is 9.13 Å². The molecule has 1 aromatic rings. The Hall–Kier alpha value is -1.27. The van der Waals surface area contributed by atoms with E-state index >= 15 is 0 Å². The Morgan fingerprint density at radius 2 is 2.12 bits per heavy atom. The Morgan fingerprint density at radius 1 is 1.47 bits per heavy atom. The van der Waals surface area contributed by atoms with Crippen LogP contribution in [0.2, 0.25) is 0 Å². The molecule has 0 heterocycles. The van der Waals surface area contributed by atoms with Crippen LogP contribution >= 0.6 is 0 Å². The molecule has 1 atom stereocenters. The van der Waals surface area contributed by atoms with Gasteiger partial charge in [0.2, 0.25) is 0 Å². The zero-order valence-corrected chi connectivity index (χ0v) is 10.7. The lowest BCUT2D eigenvalue weighted by Gasteiger charge is -2.17. The minimum absolute atomic E-state index is 0.0199. The van der Waals surface area contributed by atoms with Crippen molar-refractivity contribution in [3.8, 4) is 0 Å². The molecule has 1 aromatic carbocycles. The van der Waals surface area contributed by atoms with Gasteiger partial charge in [-0.25, -0.2) is 0 Å². The van der Waals surface area contributed by atoms with Crippen molar-refractivity contribution in [1.29, 1.82) is 0 Å². The number of nitro groups is 1. The Morgan fingerprint density at radius 3 is 2.65 bits per heavy atom. The van der Waals surface area contributed by atoms with Crippen LogP contribution in [0.4, 0.5) is 5.69 Å². The van der Waals surface area contributed by atoms with Gasteiger partial charge in [-0.05, 0) is 19.4 Å². The second kappa shape index (κ2) is 5.37. The van der Waals surface area contributed by atoms with Gasteiger partial charge in [-0.15, -0.1) is 0 Å². The summed E-state index contributed by atoms with van der Waals surface area (Å²) in [6.45, 7) is 3.61. The molecule has 17 heavy (non-hydrogen) atoms. The van der Waals surface area contributed by atoms with Crippen LogP contribution in [-0.4, -0.2) is 20.4 Å². The van der Waals surface area contributed by atoms with Crippen molar-refractivity contribution in [3.63, 3.8) is 0 Å². The predicted molar refractivity (Wildman–Crippen MR) is 68.1 cm³/mol. The van der Waals surface area contributed by atoms with E-state index in [0.29, 0.717) is 17.1 Å². The summed E-state index contributed by atoms with van der Waals surface area (Å²) >= 11 is 0. The van der Waals surface area contributed by atoms with Crippen LogP contribution in [0, 0.1) is 10.1 Å². The molecule has 0 saturated carbocycles. The lowest BCUT2D eigenvalue weighted by Crippen LogP contribution is -2.38. The van der Waals surface area contributed by atoms with Crippen molar-refractivity contribution in [2.24, 2.45) is 5.73 Å². The smallest absolute Gasteiger partial charge is 0.269 e. The van der Waals surface area contributed by atoms with Gasteiger partial charge in [0.25, 0.3) is 5.69 Å². The topological polar surface area (TPSA) is 86.2 Å². The maximum atomic E-state index is 11.8. The summed E-state index contributed by atoms with van der Waals surface area (Å²) in [5.41, 5.74) is 5.99. The summed E-state index contributed by atoms with van der Waals surface area (Å²) < 4.78 is 11.8. The molecule has 0 spiro atoms. The molecule has 0 aliphatic rings. The summed E-state index contributed by atoms with van der Waals surface area (Å²) in [5.74, 6) is 0.665. The average molecular weight is 256 g/mol. The fourth-order valence-electron chi connectivity index (χ4n) is 1.41. The SMILES string of the molecule is CC(C)(N)CS(=O)Cc1cccc([N+](=O)[O-])c1. The van der Waals surface area contributed by atoms with Crippen LogP contribution in [-0.2, 0) is 16.6 Å². The minimum atomic E-state index is -1.11. The maximum Gasteiger partial charge on any atom is 0.269 e. The highest BCUT2D eigenvalue weighted by molar-refractivity contribution is 7.84. The van der Waals surface area contributed by atoms with Crippen LogP contribution in [0.15, 0.2) is 24.3 Å². The molecule has 6 heteroatoms. The third kappa shape index (κ3) is 5.06. The molecule has 0 amide bonds. The molecule has 1 rings (SSSR count). The quantitative estimate of drug-likeness (QED) is 0.640. The molecule has 0 bridgehead atoms. The zero-order chi connectivity index (χ0) is 13.1. The van der Waals surface area contributed by atoms with E-state index in [0.717, 1.165) is 0 Å². The van der Waals surface area contributed by atoms with E-state index in [4.69, 9.17) is 5.73 Å². The summed E-state index contributed by atoms with van der Waals surface area (Å²) in [6, 6.07) is 6.19. The Bertz CT molecular complexity index is 441. The standard InChI is InChI=1S/C11H16N2O3S/c1-11(2,12)8-17(16)7-9-4-3-5-10(6-9)13(14)15/h3-6H,7-8,12H2,1-2H3. The summed E-state index contributed by atoms with van der Waals surface area (Å²) in [6.07, 6.45) is 0. The van der Waals surface area contributed by atoms with E-state index in [2.05, 4.69) is 0 Å². The van der Waals surface area contributed by atoms with Crippen LogP contribution in [0.5, 0.6) is 0 Å². The van der Waals surface area contributed by atoms with Gasteiger partial charge in [0.1, 0.15) is 0 Å². The third-order valence-corrected chi connectivity index (χ3v) is 3.70. The summed E-state index contributed by atoms with van der Waals surface area (Å²) in [7, 11) is -1.11. The lowest BCUT2D eigenvalue weighted by molar-refractivity contribution is -0.384. The first kappa shape index (κ1) is 13.8. The number of rotatable bonds is 5. The first-order valence-corrected chi connectivity index (χ1v) is 6.64. The van der Waals surface area contributed by atoms with E-state index in [9.17, 15) is 14.3 Å². The van der Waals surface area contributed by atoms with Gasteiger partial charge in [0.05, 0.1) is 4.92 Å². The monoisotopic (exact) mass is 256 g/mol. The maximum absolute atomic E-state index is 11.8. The van der Waals surface area contributed by atoms with Gasteiger partial charge >= 0.3 is 0 Å². The molecule has 2 N–H and O–H groups in total. The Kier molecular flexibility index (Phi) is 4.36. The number of nitro benzene ring substituents is 1. The average Bonchev–Trinajstić information content (AvgIpc) is 2.14. The van der Waals surface area contributed by atoms with Gasteiger partial charge in [0.15, 0.2) is 0 Å². The van der Waals surface area contributed by atoms with Crippen LogP contribution in [0.1, 0.15) is 19.4 Å².